The maximum Gasteiger partial charge on any atom is 0.218 e. The monoisotopic (exact) mass is 392 g/mol. The molecule has 1 aromatic heterocycles. The molecule has 3 N–H and O–H groups in total. The van der Waals surface area contributed by atoms with E-state index in [0.29, 0.717) is 25.0 Å². The minimum absolute atomic E-state index is 0. The molecule has 0 amide bonds. The normalized spacial score (nSPS) is 11.7. The van der Waals surface area contributed by atoms with Crippen LogP contribution in [-0.4, -0.2) is 23.1 Å². The summed E-state index contributed by atoms with van der Waals surface area (Å²) < 4.78 is 5.58. The van der Waals surface area contributed by atoms with Crippen LogP contribution in [0.1, 0.15) is 39.7 Å². The highest BCUT2D eigenvalue weighted by Crippen LogP contribution is 2.15. The predicted octanol–water partition coefficient (Wildman–Crippen LogP) is 2.69. The standard InChI is InChI=1S/C14H24N4O.HI/c1-5-9-19-12-11(7-6-8-16-12)10-17-13(15)18-14(2,3)4;/h6-8H,5,9-10H2,1-4H3,(H3,15,17,18);1H. The third-order valence-corrected chi connectivity index (χ3v) is 2.22. The number of halogens is 1. The fraction of sp³-hybridized carbons (Fsp3) is 0.571. The number of rotatable bonds is 5. The second kappa shape index (κ2) is 8.99. The molecule has 5 nitrogen and oxygen atoms in total. The lowest BCUT2D eigenvalue weighted by molar-refractivity contribution is 0.302. The van der Waals surface area contributed by atoms with Gasteiger partial charge in [-0.3, -0.25) is 0 Å². The highest BCUT2D eigenvalue weighted by molar-refractivity contribution is 14.0. The van der Waals surface area contributed by atoms with Gasteiger partial charge in [-0.05, 0) is 33.3 Å². The van der Waals surface area contributed by atoms with Gasteiger partial charge < -0.3 is 15.8 Å². The Hall–Kier alpha value is -1.05. The molecule has 0 bridgehead atoms. The molecule has 0 spiro atoms. The van der Waals surface area contributed by atoms with Gasteiger partial charge in [0, 0.05) is 17.3 Å². The highest BCUT2D eigenvalue weighted by Gasteiger charge is 2.10. The molecule has 0 aliphatic rings. The van der Waals surface area contributed by atoms with Gasteiger partial charge in [-0.1, -0.05) is 13.0 Å². The van der Waals surface area contributed by atoms with Crippen molar-refractivity contribution in [2.24, 2.45) is 10.7 Å². The summed E-state index contributed by atoms with van der Waals surface area (Å²) in [6.07, 6.45) is 2.67. The van der Waals surface area contributed by atoms with E-state index in [9.17, 15) is 0 Å². The zero-order chi connectivity index (χ0) is 14.3. The number of ether oxygens (including phenoxy) is 1. The van der Waals surface area contributed by atoms with Gasteiger partial charge in [0.25, 0.3) is 0 Å². The number of aliphatic imine (C=N–C) groups is 1. The van der Waals surface area contributed by atoms with Crippen LogP contribution in [0.2, 0.25) is 0 Å². The Morgan fingerprint density at radius 2 is 2.15 bits per heavy atom. The summed E-state index contributed by atoms with van der Waals surface area (Å²) in [6, 6.07) is 3.82. The SMILES string of the molecule is CCCOc1ncccc1CN=C(N)NC(C)(C)C.I. The van der Waals surface area contributed by atoms with Gasteiger partial charge in [-0.2, -0.15) is 0 Å². The number of guanidine groups is 1. The fourth-order valence-corrected chi connectivity index (χ4v) is 1.47. The minimum atomic E-state index is -0.0932. The van der Waals surface area contributed by atoms with Crippen LogP contribution < -0.4 is 15.8 Å². The zero-order valence-corrected chi connectivity index (χ0v) is 15.0. The Kier molecular flexibility index (Phi) is 8.52. The summed E-state index contributed by atoms with van der Waals surface area (Å²) in [5.41, 5.74) is 6.68. The largest absolute Gasteiger partial charge is 0.477 e. The summed E-state index contributed by atoms with van der Waals surface area (Å²) >= 11 is 0. The molecule has 6 heteroatoms. The van der Waals surface area contributed by atoms with Crippen LogP contribution in [0, 0.1) is 0 Å². The van der Waals surface area contributed by atoms with Crippen molar-refractivity contribution < 1.29 is 4.74 Å². The molecule has 1 rings (SSSR count). The van der Waals surface area contributed by atoms with Crippen LogP contribution in [0.25, 0.3) is 0 Å². The van der Waals surface area contributed by atoms with E-state index in [-0.39, 0.29) is 29.5 Å². The molecular formula is C14H25IN4O. The summed E-state index contributed by atoms with van der Waals surface area (Å²) in [6.45, 7) is 9.29. The van der Waals surface area contributed by atoms with Gasteiger partial charge in [-0.25, -0.2) is 9.98 Å². The Morgan fingerprint density at radius 3 is 2.75 bits per heavy atom. The molecule has 0 aliphatic heterocycles. The van der Waals surface area contributed by atoms with Gasteiger partial charge >= 0.3 is 0 Å². The third kappa shape index (κ3) is 7.52. The quantitative estimate of drug-likeness (QED) is 0.459. The Balaban J connectivity index is 0.00000361. The molecule has 0 fully saturated rings. The molecular weight excluding hydrogens is 367 g/mol. The predicted molar refractivity (Wildman–Crippen MR) is 93.7 cm³/mol. The molecule has 0 atom stereocenters. The third-order valence-electron chi connectivity index (χ3n) is 2.22. The van der Waals surface area contributed by atoms with E-state index in [1.54, 1.807) is 6.20 Å². The summed E-state index contributed by atoms with van der Waals surface area (Å²) in [4.78, 5) is 8.53. The van der Waals surface area contributed by atoms with Crippen LogP contribution in [0.15, 0.2) is 23.3 Å². The smallest absolute Gasteiger partial charge is 0.218 e. The molecule has 1 heterocycles. The van der Waals surface area contributed by atoms with Crippen molar-refractivity contribution in [1.29, 1.82) is 0 Å². The lowest BCUT2D eigenvalue weighted by Crippen LogP contribution is -2.44. The van der Waals surface area contributed by atoms with E-state index in [0.717, 1.165) is 12.0 Å². The van der Waals surface area contributed by atoms with Crippen molar-refractivity contribution in [2.75, 3.05) is 6.61 Å². The maximum atomic E-state index is 5.84. The second-order valence-corrected chi connectivity index (χ2v) is 5.39. The first kappa shape index (κ1) is 18.9. The minimum Gasteiger partial charge on any atom is -0.477 e. The fourth-order valence-electron chi connectivity index (χ4n) is 1.47. The van der Waals surface area contributed by atoms with E-state index in [2.05, 4.69) is 22.2 Å². The van der Waals surface area contributed by atoms with Crippen LogP contribution in [0.5, 0.6) is 5.88 Å². The molecule has 0 saturated carbocycles. The van der Waals surface area contributed by atoms with Crippen LogP contribution in [0.3, 0.4) is 0 Å². The summed E-state index contributed by atoms with van der Waals surface area (Å²) in [7, 11) is 0. The maximum absolute atomic E-state index is 5.84. The summed E-state index contributed by atoms with van der Waals surface area (Å²) in [5.74, 6) is 1.06. The van der Waals surface area contributed by atoms with Crippen molar-refractivity contribution in [3.63, 3.8) is 0 Å². The molecule has 0 aliphatic carbocycles. The number of nitrogens with zero attached hydrogens (tertiary/aromatic N) is 2. The van der Waals surface area contributed by atoms with Crippen LogP contribution in [-0.2, 0) is 6.54 Å². The van der Waals surface area contributed by atoms with Crippen LogP contribution >= 0.6 is 24.0 Å². The van der Waals surface area contributed by atoms with E-state index in [4.69, 9.17) is 10.5 Å². The first-order valence-corrected chi connectivity index (χ1v) is 6.57. The van der Waals surface area contributed by atoms with E-state index < -0.39 is 0 Å². The van der Waals surface area contributed by atoms with Gasteiger partial charge in [0.15, 0.2) is 5.96 Å². The van der Waals surface area contributed by atoms with Gasteiger partial charge in [0.2, 0.25) is 5.88 Å². The molecule has 0 radical (unpaired) electrons. The van der Waals surface area contributed by atoms with Crippen molar-refractivity contribution in [1.82, 2.24) is 10.3 Å². The Morgan fingerprint density at radius 1 is 1.45 bits per heavy atom. The van der Waals surface area contributed by atoms with E-state index >= 15 is 0 Å². The highest BCUT2D eigenvalue weighted by atomic mass is 127. The number of pyridine rings is 1. The lowest BCUT2D eigenvalue weighted by Gasteiger charge is -2.21. The number of hydrogen-bond donors (Lipinski definition) is 2. The number of aromatic nitrogens is 1. The van der Waals surface area contributed by atoms with Gasteiger partial charge in [0.1, 0.15) is 0 Å². The number of hydrogen-bond acceptors (Lipinski definition) is 3. The molecule has 114 valence electrons. The average Bonchev–Trinajstić information content (AvgIpc) is 2.32. The number of nitrogens with two attached hydrogens (primary N) is 1. The van der Waals surface area contributed by atoms with Gasteiger partial charge in [0.05, 0.1) is 13.2 Å². The Bertz CT molecular complexity index is 429. The molecule has 1 aromatic rings. The van der Waals surface area contributed by atoms with Crippen molar-refractivity contribution in [3.8, 4) is 5.88 Å². The topological polar surface area (TPSA) is 72.5 Å². The molecule has 20 heavy (non-hydrogen) atoms. The van der Waals surface area contributed by atoms with Gasteiger partial charge in [-0.15, -0.1) is 24.0 Å². The first-order chi connectivity index (χ1) is 8.92. The average molecular weight is 392 g/mol. The van der Waals surface area contributed by atoms with Crippen molar-refractivity contribution in [2.45, 2.75) is 46.2 Å². The first-order valence-electron chi connectivity index (χ1n) is 6.57. The molecule has 0 unspecified atom stereocenters. The van der Waals surface area contributed by atoms with E-state index in [1.807, 2.05) is 32.9 Å². The van der Waals surface area contributed by atoms with Crippen molar-refractivity contribution >= 4 is 29.9 Å². The van der Waals surface area contributed by atoms with Crippen LogP contribution in [0.4, 0.5) is 0 Å². The Labute approximate surface area is 138 Å². The number of nitrogens with one attached hydrogen (secondary N) is 1. The van der Waals surface area contributed by atoms with E-state index in [1.165, 1.54) is 0 Å². The lowest BCUT2D eigenvalue weighted by atomic mass is 10.1. The zero-order valence-electron chi connectivity index (χ0n) is 12.6. The molecule has 0 saturated heterocycles. The summed E-state index contributed by atoms with van der Waals surface area (Å²) in [5, 5.41) is 3.12. The van der Waals surface area contributed by atoms with Crippen molar-refractivity contribution in [3.05, 3.63) is 23.9 Å². The second-order valence-electron chi connectivity index (χ2n) is 5.39. The molecule has 0 aromatic carbocycles.